The Bertz CT molecular complexity index is 709. The molecule has 120 valence electrons. The molecule has 0 saturated heterocycles. The molecule has 0 bridgehead atoms. The van der Waals surface area contributed by atoms with E-state index in [2.05, 4.69) is 4.98 Å². The van der Waals surface area contributed by atoms with Gasteiger partial charge in [-0.2, -0.15) is 8.42 Å². The summed E-state index contributed by atoms with van der Waals surface area (Å²) in [6.45, 7) is 2.16. The molecule has 0 saturated carbocycles. The fraction of sp³-hybridized carbons (Fsp3) is 0.400. The Balaban J connectivity index is 1.91. The third-order valence-corrected chi connectivity index (χ3v) is 4.88. The van der Waals surface area contributed by atoms with Crippen LogP contribution in [0.5, 0.6) is 0 Å². The van der Waals surface area contributed by atoms with Crippen molar-refractivity contribution < 1.29 is 12.6 Å². The van der Waals surface area contributed by atoms with E-state index in [4.69, 9.17) is 9.92 Å². The smallest absolute Gasteiger partial charge is 0.264 e. The number of hydrogen-bond acceptors (Lipinski definition) is 6. The molecule has 0 amide bonds. The van der Waals surface area contributed by atoms with Crippen LogP contribution in [0.4, 0.5) is 0 Å². The van der Waals surface area contributed by atoms with Gasteiger partial charge < -0.3 is 5.73 Å². The lowest BCUT2D eigenvalue weighted by Crippen LogP contribution is -2.12. The minimum atomic E-state index is -3.37. The summed E-state index contributed by atoms with van der Waals surface area (Å²) in [7, 11) is -3.37. The highest BCUT2D eigenvalue weighted by Gasteiger charge is 2.09. The molecule has 0 spiro atoms. The second-order valence-corrected chi connectivity index (χ2v) is 7.66. The van der Waals surface area contributed by atoms with Gasteiger partial charge in [0, 0.05) is 6.04 Å². The lowest BCUT2D eigenvalue weighted by atomic mass is 10.0. The van der Waals surface area contributed by atoms with Crippen LogP contribution in [0, 0.1) is 6.92 Å². The molecule has 0 radical (unpaired) electrons. The highest BCUT2D eigenvalue weighted by molar-refractivity contribution is 7.85. The summed E-state index contributed by atoms with van der Waals surface area (Å²) in [5, 5.41) is 0. The van der Waals surface area contributed by atoms with E-state index < -0.39 is 10.1 Å². The SMILES string of the molecule is Cc1ncsc1-c1ccc([C@@H](N)CCCOS(C)(=O)=O)cc1. The van der Waals surface area contributed by atoms with E-state index in [1.54, 1.807) is 11.3 Å². The molecule has 7 heteroatoms. The van der Waals surface area contributed by atoms with Gasteiger partial charge in [0.1, 0.15) is 0 Å². The highest BCUT2D eigenvalue weighted by atomic mass is 32.2. The summed E-state index contributed by atoms with van der Waals surface area (Å²) < 4.78 is 26.4. The Morgan fingerprint density at radius 3 is 2.55 bits per heavy atom. The van der Waals surface area contributed by atoms with Crippen molar-refractivity contribution in [2.45, 2.75) is 25.8 Å². The Kier molecular flexibility index (Phi) is 5.69. The molecule has 0 unspecified atom stereocenters. The van der Waals surface area contributed by atoms with E-state index >= 15 is 0 Å². The molecule has 2 aromatic rings. The molecule has 1 aromatic heterocycles. The predicted molar refractivity (Wildman–Crippen MR) is 89.2 cm³/mol. The fourth-order valence-electron chi connectivity index (χ4n) is 2.14. The number of aryl methyl sites for hydroxylation is 1. The van der Waals surface area contributed by atoms with Gasteiger partial charge in [-0.3, -0.25) is 4.18 Å². The summed E-state index contributed by atoms with van der Waals surface area (Å²) in [6.07, 6.45) is 2.32. The number of rotatable bonds is 7. The Morgan fingerprint density at radius 1 is 1.32 bits per heavy atom. The number of aromatic nitrogens is 1. The second-order valence-electron chi connectivity index (χ2n) is 5.16. The number of nitrogens with zero attached hydrogens (tertiary/aromatic N) is 1. The van der Waals surface area contributed by atoms with Crippen molar-refractivity contribution in [3.8, 4) is 10.4 Å². The molecule has 5 nitrogen and oxygen atoms in total. The topological polar surface area (TPSA) is 82.3 Å². The lowest BCUT2D eigenvalue weighted by Gasteiger charge is -2.12. The van der Waals surface area contributed by atoms with Gasteiger partial charge in [0.15, 0.2) is 0 Å². The lowest BCUT2D eigenvalue weighted by molar-refractivity contribution is 0.307. The first-order chi connectivity index (χ1) is 10.4. The Hall–Kier alpha value is -1.28. The quantitative estimate of drug-likeness (QED) is 0.619. The Morgan fingerprint density at radius 2 is 2.00 bits per heavy atom. The van der Waals surface area contributed by atoms with Crippen LogP contribution in [0.25, 0.3) is 10.4 Å². The molecular weight excluding hydrogens is 320 g/mol. The molecule has 1 atom stereocenters. The fourth-order valence-corrected chi connectivity index (χ4v) is 3.37. The van der Waals surface area contributed by atoms with Crippen molar-refractivity contribution in [3.05, 3.63) is 41.0 Å². The van der Waals surface area contributed by atoms with Crippen molar-refractivity contribution in [1.82, 2.24) is 4.98 Å². The second kappa shape index (κ2) is 7.32. The zero-order chi connectivity index (χ0) is 16.2. The third-order valence-electron chi connectivity index (χ3n) is 3.30. The minimum absolute atomic E-state index is 0.125. The van der Waals surface area contributed by atoms with Crippen LogP contribution in [0.3, 0.4) is 0 Å². The number of hydrogen-bond donors (Lipinski definition) is 1. The van der Waals surface area contributed by atoms with Crippen LogP contribution < -0.4 is 5.73 Å². The van der Waals surface area contributed by atoms with Crippen LogP contribution in [0.2, 0.25) is 0 Å². The summed E-state index contributed by atoms with van der Waals surface area (Å²) in [5.41, 5.74) is 11.2. The molecule has 1 heterocycles. The molecule has 1 aromatic carbocycles. The van der Waals surface area contributed by atoms with E-state index in [1.165, 1.54) is 4.88 Å². The monoisotopic (exact) mass is 340 g/mol. The van der Waals surface area contributed by atoms with Gasteiger partial charge in [-0.05, 0) is 30.9 Å². The normalized spacial score (nSPS) is 13.2. The van der Waals surface area contributed by atoms with Gasteiger partial charge >= 0.3 is 0 Å². The third kappa shape index (κ3) is 4.88. The zero-order valence-corrected chi connectivity index (χ0v) is 14.3. The number of thiazole rings is 1. The van der Waals surface area contributed by atoms with Crippen molar-refractivity contribution >= 4 is 21.5 Å². The first-order valence-corrected chi connectivity index (χ1v) is 9.67. The van der Waals surface area contributed by atoms with Crippen molar-refractivity contribution in [2.75, 3.05) is 12.9 Å². The molecule has 2 rings (SSSR count). The predicted octanol–water partition coefficient (Wildman–Crippen LogP) is 2.87. The van der Waals surface area contributed by atoms with Gasteiger partial charge in [0.2, 0.25) is 0 Å². The van der Waals surface area contributed by atoms with Crippen LogP contribution in [0.1, 0.15) is 30.1 Å². The number of nitrogens with two attached hydrogens (primary N) is 1. The van der Waals surface area contributed by atoms with E-state index in [-0.39, 0.29) is 12.6 Å². The first kappa shape index (κ1) is 17.1. The summed E-state index contributed by atoms with van der Waals surface area (Å²) in [4.78, 5) is 5.42. The number of benzene rings is 1. The van der Waals surface area contributed by atoms with E-state index in [0.29, 0.717) is 12.8 Å². The van der Waals surface area contributed by atoms with Gasteiger partial charge in [-0.15, -0.1) is 11.3 Å². The van der Waals surface area contributed by atoms with Crippen molar-refractivity contribution in [1.29, 1.82) is 0 Å². The van der Waals surface area contributed by atoms with Crippen LogP contribution in [-0.4, -0.2) is 26.3 Å². The summed E-state index contributed by atoms with van der Waals surface area (Å²) >= 11 is 1.62. The summed E-state index contributed by atoms with van der Waals surface area (Å²) in [6, 6.07) is 7.98. The van der Waals surface area contributed by atoms with Crippen LogP contribution >= 0.6 is 11.3 Å². The molecular formula is C15H20N2O3S2. The average Bonchev–Trinajstić information content (AvgIpc) is 2.89. The van der Waals surface area contributed by atoms with E-state index in [0.717, 1.165) is 23.1 Å². The maximum atomic E-state index is 10.9. The van der Waals surface area contributed by atoms with Gasteiger partial charge in [0.05, 0.1) is 28.9 Å². The van der Waals surface area contributed by atoms with Crippen molar-refractivity contribution in [3.63, 3.8) is 0 Å². The molecule has 0 aliphatic rings. The van der Waals surface area contributed by atoms with Gasteiger partial charge in [0.25, 0.3) is 10.1 Å². The minimum Gasteiger partial charge on any atom is -0.324 e. The maximum absolute atomic E-state index is 10.9. The highest BCUT2D eigenvalue weighted by Crippen LogP contribution is 2.28. The molecule has 0 fully saturated rings. The van der Waals surface area contributed by atoms with E-state index in [9.17, 15) is 8.42 Å². The molecule has 22 heavy (non-hydrogen) atoms. The largest absolute Gasteiger partial charge is 0.324 e. The molecule has 0 aliphatic carbocycles. The Labute approximate surface area is 135 Å². The maximum Gasteiger partial charge on any atom is 0.264 e. The average molecular weight is 340 g/mol. The van der Waals surface area contributed by atoms with Gasteiger partial charge in [-0.25, -0.2) is 4.98 Å². The standard InChI is InChI=1S/C15H20N2O3S2/c1-11-15(21-10-17-11)13-7-5-12(6-8-13)14(16)4-3-9-20-22(2,18)19/h5-8,10,14H,3-4,9,16H2,1-2H3/t14-/m0/s1. The zero-order valence-electron chi connectivity index (χ0n) is 12.7. The summed E-state index contributed by atoms with van der Waals surface area (Å²) in [5.74, 6) is 0. The van der Waals surface area contributed by atoms with Crippen molar-refractivity contribution in [2.24, 2.45) is 5.73 Å². The van der Waals surface area contributed by atoms with E-state index in [1.807, 2.05) is 36.7 Å². The molecule has 0 aliphatic heterocycles. The van der Waals surface area contributed by atoms with Gasteiger partial charge in [-0.1, -0.05) is 24.3 Å². The first-order valence-electron chi connectivity index (χ1n) is 6.97. The molecule has 2 N–H and O–H groups in total. The van der Waals surface area contributed by atoms with Crippen LogP contribution in [0.15, 0.2) is 29.8 Å². The van der Waals surface area contributed by atoms with Crippen LogP contribution in [-0.2, 0) is 14.3 Å².